The van der Waals surface area contributed by atoms with Gasteiger partial charge in [0.1, 0.15) is 0 Å². The normalized spacial score (nSPS) is 31.8. The van der Waals surface area contributed by atoms with Crippen molar-refractivity contribution in [2.75, 3.05) is 19.6 Å². The molecule has 1 saturated heterocycles. The second-order valence-corrected chi connectivity index (χ2v) is 3.12. The molecule has 5 nitrogen and oxygen atoms in total. The van der Waals surface area contributed by atoms with E-state index in [9.17, 15) is 9.90 Å². The molecule has 0 spiro atoms. The van der Waals surface area contributed by atoms with E-state index in [1.165, 1.54) is 0 Å². The topological polar surface area (TPSA) is 86.8 Å². The number of aliphatic hydroxyl groups excluding tert-OH is 2. The van der Waals surface area contributed by atoms with Crippen LogP contribution in [0, 0.1) is 0 Å². The molecule has 1 heterocycles. The number of β-amino-alcohol motifs (C(OH)–C–C–N with tert-alkyl or cyclic N) is 1. The molecule has 1 amide bonds. The Morgan fingerprint density at radius 2 is 2.17 bits per heavy atom. The highest BCUT2D eigenvalue weighted by Gasteiger charge is 2.26. The highest BCUT2D eigenvalue weighted by atomic mass is 16.3. The minimum Gasteiger partial charge on any atom is -0.390 e. The van der Waals surface area contributed by atoms with Crippen LogP contribution in [-0.4, -0.2) is 52.9 Å². The third-order valence-electron chi connectivity index (χ3n) is 2.01. The van der Waals surface area contributed by atoms with Gasteiger partial charge < -0.3 is 15.9 Å². The van der Waals surface area contributed by atoms with Crippen molar-refractivity contribution in [1.82, 2.24) is 4.90 Å². The van der Waals surface area contributed by atoms with Gasteiger partial charge in [0.25, 0.3) is 0 Å². The maximum absolute atomic E-state index is 10.5. The van der Waals surface area contributed by atoms with Crippen LogP contribution in [0.4, 0.5) is 0 Å². The third-order valence-corrected chi connectivity index (χ3v) is 2.01. The van der Waals surface area contributed by atoms with Gasteiger partial charge in [0.2, 0.25) is 5.91 Å². The lowest BCUT2D eigenvalue weighted by Gasteiger charge is -2.32. The van der Waals surface area contributed by atoms with Gasteiger partial charge in [0.15, 0.2) is 0 Å². The first-order chi connectivity index (χ1) is 5.59. The molecule has 2 unspecified atom stereocenters. The predicted molar refractivity (Wildman–Crippen MR) is 42.3 cm³/mol. The number of hydrogen-bond donors (Lipinski definition) is 3. The number of aliphatic hydroxyl groups is 2. The number of nitrogens with zero attached hydrogens (tertiary/aromatic N) is 1. The Morgan fingerprint density at radius 1 is 1.50 bits per heavy atom. The van der Waals surface area contributed by atoms with Crippen molar-refractivity contribution in [3.8, 4) is 0 Å². The molecule has 0 aromatic heterocycles. The fourth-order valence-electron chi connectivity index (χ4n) is 1.35. The Hall–Kier alpha value is -0.650. The van der Waals surface area contributed by atoms with E-state index in [2.05, 4.69) is 0 Å². The van der Waals surface area contributed by atoms with Gasteiger partial charge in [0, 0.05) is 13.1 Å². The number of hydrogen-bond acceptors (Lipinski definition) is 4. The molecule has 0 bridgehead atoms. The standard InChI is InChI=1S/C7H14N2O3/c8-7(12)4-9-2-1-5(10)6(11)3-9/h5-6,10-11H,1-4H2,(H2,8,12). The van der Waals surface area contributed by atoms with Gasteiger partial charge in [-0.05, 0) is 6.42 Å². The Bertz CT molecular complexity index is 174. The van der Waals surface area contributed by atoms with E-state index in [0.717, 1.165) is 0 Å². The first-order valence-electron chi connectivity index (χ1n) is 3.96. The Morgan fingerprint density at radius 3 is 2.67 bits per heavy atom. The van der Waals surface area contributed by atoms with Gasteiger partial charge in [-0.3, -0.25) is 9.69 Å². The van der Waals surface area contributed by atoms with Crippen LogP contribution >= 0.6 is 0 Å². The molecule has 5 heteroatoms. The summed E-state index contributed by atoms with van der Waals surface area (Å²) in [5.74, 6) is -0.404. The number of amides is 1. The average molecular weight is 174 g/mol. The van der Waals surface area contributed by atoms with Gasteiger partial charge >= 0.3 is 0 Å². The number of rotatable bonds is 2. The highest BCUT2D eigenvalue weighted by molar-refractivity contribution is 5.75. The first kappa shape index (κ1) is 9.44. The molecule has 0 saturated carbocycles. The molecule has 70 valence electrons. The van der Waals surface area contributed by atoms with Crippen molar-refractivity contribution in [3.05, 3.63) is 0 Å². The maximum atomic E-state index is 10.5. The van der Waals surface area contributed by atoms with Crippen LogP contribution in [0.2, 0.25) is 0 Å². The van der Waals surface area contributed by atoms with Crippen molar-refractivity contribution < 1.29 is 15.0 Å². The van der Waals surface area contributed by atoms with E-state index < -0.39 is 18.1 Å². The number of likely N-dealkylation sites (tertiary alicyclic amines) is 1. The largest absolute Gasteiger partial charge is 0.390 e. The van der Waals surface area contributed by atoms with E-state index in [-0.39, 0.29) is 6.54 Å². The SMILES string of the molecule is NC(=O)CN1CCC(O)C(O)C1. The highest BCUT2D eigenvalue weighted by Crippen LogP contribution is 2.09. The molecule has 0 aromatic carbocycles. The van der Waals surface area contributed by atoms with Gasteiger partial charge in [-0.2, -0.15) is 0 Å². The summed E-state index contributed by atoms with van der Waals surface area (Å²) in [4.78, 5) is 12.2. The number of piperidine rings is 1. The van der Waals surface area contributed by atoms with E-state index >= 15 is 0 Å². The van der Waals surface area contributed by atoms with Crippen molar-refractivity contribution >= 4 is 5.91 Å². The summed E-state index contributed by atoms with van der Waals surface area (Å²) in [5.41, 5.74) is 4.98. The Labute approximate surface area is 70.8 Å². The molecule has 1 rings (SSSR count). The fraction of sp³-hybridized carbons (Fsp3) is 0.857. The molecule has 1 aliphatic rings. The molecule has 2 atom stereocenters. The smallest absolute Gasteiger partial charge is 0.231 e. The summed E-state index contributed by atoms with van der Waals surface area (Å²) in [6.07, 6.45) is -0.915. The minimum absolute atomic E-state index is 0.157. The Kier molecular flexibility index (Phi) is 3.02. The van der Waals surface area contributed by atoms with Crippen LogP contribution in [0.15, 0.2) is 0 Å². The Balaban J connectivity index is 2.35. The summed E-state index contributed by atoms with van der Waals surface area (Å²) < 4.78 is 0. The third kappa shape index (κ3) is 2.44. The summed E-state index contributed by atoms with van der Waals surface area (Å²) in [5, 5.41) is 18.4. The van der Waals surface area contributed by atoms with E-state index in [0.29, 0.717) is 19.5 Å². The van der Waals surface area contributed by atoms with E-state index in [1.807, 2.05) is 0 Å². The van der Waals surface area contributed by atoms with Gasteiger partial charge in [0.05, 0.1) is 18.8 Å². The lowest BCUT2D eigenvalue weighted by molar-refractivity contribution is -0.121. The van der Waals surface area contributed by atoms with Gasteiger partial charge in [-0.25, -0.2) is 0 Å². The summed E-state index contributed by atoms with van der Waals surface area (Å²) in [6, 6.07) is 0. The van der Waals surface area contributed by atoms with E-state index in [4.69, 9.17) is 10.8 Å². The molecular weight excluding hydrogens is 160 g/mol. The van der Waals surface area contributed by atoms with Crippen molar-refractivity contribution in [3.63, 3.8) is 0 Å². The molecule has 0 aliphatic carbocycles. The van der Waals surface area contributed by atoms with Gasteiger partial charge in [-0.15, -0.1) is 0 Å². The van der Waals surface area contributed by atoms with Crippen LogP contribution in [-0.2, 0) is 4.79 Å². The monoisotopic (exact) mass is 174 g/mol. The zero-order valence-electron chi connectivity index (χ0n) is 6.81. The molecule has 1 fully saturated rings. The quantitative estimate of drug-likeness (QED) is 0.447. The molecule has 0 aromatic rings. The first-order valence-corrected chi connectivity index (χ1v) is 3.96. The summed E-state index contributed by atoms with van der Waals surface area (Å²) in [7, 11) is 0. The number of carbonyl (C=O) groups excluding carboxylic acids is 1. The zero-order chi connectivity index (χ0) is 9.14. The second-order valence-electron chi connectivity index (χ2n) is 3.12. The van der Waals surface area contributed by atoms with Crippen LogP contribution in [0.5, 0.6) is 0 Å². The van der Waals surface area contributed by atoms with Crippen molar-refractivity contribution in [1.29, 1.82) is 0 Å². The summed E-state index contributed by atoms with van der Waals surface area (Å²) >= 11 is 0. The number of nitrogens with two attached hydrogens (primary N) is 1. The van der Waals surface area contributed by atoms with Gasteiger partial charge in [-0.1, -0.05) is 0 Å². The van der Waals surface area contributed by atoms with Crippen LogP contribution in [0.25, 0.3) is 0 Å². The number of primary amides is 1. The molecule has 12 heavy (non-hydrogen) atoms. The number of carbonyl (C=O) groups is 1. The van der Waals surface area contributed by atoms with Crippen molar-refractivity contribution in [2.45, 2.75) is 18.6 Å². The minimum atomic E-state index is -0.752. The van der Waals surface area contributed by atoms with Crippen molar-refractivity contribution in [2.24, 2.45) is 5.73 Å². The average Bonchev–Trinajstić information content (AvgIpc) is 1.96. The van der Waals surface area contributed by atoms with Crippen LogP contribution in [0.3, 0.4) is 0 Å². The maximum Gasteiger partial charge on any atom is 0.231 e. The fourth-order valence-corrected chi connectivity index (χ4v) is 1.35. The molecule has 4 N–H and O–H groups in total. The molecular formula is C7H14N2O3. The van der Waals surface area contributed by atoms with Crippen LogP contribution in [0.1, 0.15) is 6.42 Å². The lowest BCUT2D eigenvalue weighted by atomic mass is 10.1. The summed E-state index contributed by atoms with van der Waals surface area (Å²) in [6.45, 7) is 1.09. The molecule has 0 radical (unpaired) electrons. The second kappa shape index (κ2) is 3.84. The van der Waals surface area contributed by atoms with E-state index in [1.54, 1.807) is 4.90 Å². The zero-order valence-corrected chi connectivity index (χ0v) is 6.81. The van der Waals surface area contributed by atoms with Crippen LogP contribution < -0.4 is 5.73 Å². The molecule has 1 aliphatic heterocycles. The lowest BCUT2D eigenvalue weighted by Crippen LogP contribution is -2.49. The predicted octanol–water partition coefficient (Wildman–Crippen LogP) is -2.10.